The fourth-order valence-corrected chi connectivity index (χ4v) is 2.40. The number of hydrazine groups is 1. The van der Waals surface area contributed by atoms with Gasteiger partial charge >= 0.3 is 11.4 Å². The Bertz CT molecular complexity index is 617. The first-order valence-corrected chi connectivity index (χ1v) is 7.36. The van der Waals surface area contributed by atoms with E-state index in [1.807, 2.05) is 0 Å². The van der Waals surface area contributed by atoms with Gasteiger partial charge in [0.15, 0.2) is 0 Å². The van der Waals surface area contributed by atoms with Crippen molar-refractivity contribution in [1.82, 2.24) is 10.0 Å². The first-order valence-electron chi connectivity index (χ1n) is 6.60. The SMILES string of the molecule is COc1cc(NC(=O)N2CCOCCN2C(=O)Cl)c(F)cc1Cl. The second-order valence-corrected chi connectivity index (χ2v) is 5.24. The molecule has 23 heavy (non-hydrogen) atoms. The van der Waals surface area contributed by atoms with E-state index in [2.05, 4.69) is 5.32 Å². The van der Waals surface area contributed by atoms with E-state index >= 15 is 0 Å². The van der Waals surface area contributed by atoms with Crippen molar-refractivity contribution in [1.29, 1.82) is 0 Å². The minimum atomic E-state index is -0.834. The summed E-state index contributed by atoms with van der Waals surface area (Å²) in [5.74, 6) is -0.535. The van der Waals surface area contributed by atoms with Crippen molar-refractivity contribution in [2.45, 2.75) is 0 Å². The van der Waals surface area contributed by atoms with Crippen LogP contribution in [0.15, 0.2) is 12.1 Å². The average molecular weight is 366 g/mol. The molecule has 1 aromatic rings. The van der Waals surface area contributed by atoms with Crippen LogP contribution in [0.25, 0.3) is 0 Å². The van der Waals surface area contributed by atoms with Gasteiger partial charge in [-0.05, 0) is 17.7 Å². The number of hydrogen-bond donors (Lipinski definition) is 1. The maximum Gasteiger partial charge on any atom is 0.340 e. The maximum atomic E-state index is 13.9. The minimum Gasteiger partial charge on any atom is -0.495 e. The summed E-state index contributed by atoms with van der Waals surface area (Å²) in [6.45, 7) is 0.671. The number of rotatable bonds is 2. The van der Waals surface area contributed by atoms with E-state index in [1.165, 1.54) is 13.2 Å². The number of carbonyl (C=O) groups excluding carboxylic acids is 2. The number of benzene rings is 1. The summed E-state index contributed by atoms with van der Waals surface area (Å²) >= 11 is 11.3. The molecule has 126 valence electrons. The van der Waals surface area contributed by atoms with Gasteiger partial charge in [0.05, 0.1) is 44.1 Å². The summed E-state index contributed by atoms with van der Waals surface area (Å²) in [7, 11) is 1.37. The number of urea groups is 1. The lowest BCUT2D eigenvalue weighted by atomic mass is 10.3. The number of carbonyl (C=O) groups is 2. The van der Waals surface area contributed by atoms with E-state index in [0.717, 1.165) is 16.1 Å². The molecule has 3 amide bonds. The van der Waals surface area contributed by atoms with Crippen LogP contribution in [0.4, 0.5) is 19.7 Å². The van der Waals surface area contributed by atoms with Crippen molar-refractivity contribution in [3.05, 3.63) is 23.0 Å². The summed E-state index contributed by atoms with van der Waals surface area (Å²) in [6, 6.07) is 1.54. The number of anilines is 1. The first kappa shape index (κ1) is 17.6. The summed E-state index contributed by atoms with van der Waals surface area (Å²) in [6.07, 6.45) is 0. The van der Waals surface area contributed by atoms with Gasteiger partial charge in [-0.2, -0.15) is 0 Å². The number of hydrogen-bond acceptors (Lipinski definition) is 4. The Labute approximate surface area is 141 Å². The number of nitrogens with one attached hydrogen (secondary N) is 1. The monoisotopic (exact) mass is 365 g/mol. The van der Waals surface area contributed by atoms with Gasteiger partial charge in [0.1, 0.15) is 11.6 Å². The lowest BCUT2D eigenvalue weighted by Crippen LogP contribution is -2.50. The summed E-state index contributed by atoms with van der Waals surface area (Å²) in [5, 5.41) is 3.68. The average Bonchev–Trinajstić information content (AvgIpc) is 2.75. The van der Waals surface area contributed by atoms with Crippen LogP contribution < -0.4 is 10.1 Å². The topological polar surface area (TPSA) is 71.1 Å². The number of ether oxygens (including phenoxy) is 2. The molecule has 0 aromatic heterocycles. The van der Waals surface area contributed by atoms with Crippen LogP contribution in [0, 0.1) is 5.82 Å². The van der Waals surface area contributed by atoms with E-state index in [0.29, 0.717) is 0 Å². The van der Waals surface area contributed by atoms with Crippen LogP contribution in [-0.4, -0.2) is 54.8 Å². The van der Waals surface area contributed by atoms with Gasteiger partial charge in [-0.15, -0.1) is 0 Å². The molecule has 1 saturated heterocycles. The van der Waals surface area contributed by atoms with E-state index < -0.39 is 17.2 Å². The van der Waals surface area contributed by atoms with Gasteiger partial charge in [-0.1, -0.05) is 11.6 Å². The molecule has 0 unspecified atom stereocenters. The van der Waals surface area contributed by atoms with E-state index in [-0.39, 0.29) is 42.8 Å². The molecule has 0 bridgehead atoms. The second-order valence-electron chi connectivity index (χ2n) is 4.51. The van der Waals surface area contributed by atoms with Crippen LogP contribution in [0.2, 0.25) is 5.02 Å². The molecular weight excluding hydrogens is 352 g/mol. The van der Waals surface area contributed by atoms with Crippen molar-refractivity contribution < 1.29 is 23.5 Å². The predicted octanol–water partition coefficient (Wildman–Crippen LogP) is 2.93. The van der Waals surface area contributed by atoms with Gasteiger partial charge in [0.2, 0.25) is 0 Å². The highest BCUT2D eigenvalue weighted by molar-refractivity contribution is 6.62. The molecule has 1 aliphatic rings. The van der Waals surface area contributed by atoms with E-state index in [1.54, 1.807) is 0 Å². The molecule has 0 aliphatic carbocycles. The Hall–Kier alpha value is -1.77. The summed E-state index contributed by atoms with van der Waals surface area (Å²) in [5.41, 5.74) is -0.136. The quantitative estimate of drug-likeness (QED) is 0.646. The smallest absolute Gasteiger partial charge is 0.340 e. The predicted molar refractivity (Wildman–Crippen MR) is 82.5 cm³/mol. The molecule has 0 radical (unpaired) electrons. The van der Waals surface area contributed by atoms with Crippen molar-refractivity contribution >= 4 is 40.3 Å². The normalized spacial score (nSPS) is 15.1. The lowest BCUT2D eigenvalue weighted by molar-refractivity contribution is 0.0774. The Balaban J connectivity index is 2.21. The Morgan fingerprint density at radius 1 is 1.30 bits per heavy atom. The third-order valence-corrected chi connectivity index (χ3v) is 3.60. The molecule has 1 aromatic carbocycles. The Kier molecular flexibility index (Phi) is 5.86. The molecule has 1 heterocycles. The number of halogens is 3. The molecule has 2 rings (SSSR count). The van der Waals surface area contributed by atoms with Crippen LogP contribution in [0.3, 0.4) is 0 Å². The third kappa shape index (κ3) is 4.15. The molecule has 1 aliphatic heterocycles. The van der Waals surface area contributed by atoms with Crippen molar-refractivity contribution in [2.75, 3.05) is 38.7 Å². The standard InChI is InChI=1S/C13H14Cl2FN3O4/c1-22-11-7-10(9(16)6-8(11)14)17-13(21)19-3-5-23-4-2-18(19)12(15)20/h6-7H,2-5H2,1H3,(H,17,21). The summed E-state index contributed by atoms with van der Waals surface area (Å²) in [4.78, 5) is 23.8. The van der Waals surface area contributed by atoms with Gasteiger partial charge in [-0.3, -0.25) is 4.79 Å². The Morgan fingerprint density at radius 3 is 2.57 bits per heavy atom. The highest BCUT2D eigenvalue weighted by atomic mass is 35.5. The van der Waals surface area contributed by atoms with Crippen molar-refractivity contribution in [3.8, 4) is 5.75 Å². The van der Waals surface area contributed by atoms with Crippen LogP contribution in [-0.2, 0) is 4.74 Å². The van der Waals surface area contributed by atoms with Crippen molar-refractivity contribution in [3.63, 3.8) is 0 Å². The lowest BCUT2D eigenvalue weighted by Gasteiger charge is -2.30. The highest BCUT2D eigenvalue weighted by Crippen LogP contribution is 2.30. The zero-order valence-electron chi connectivity index (χ0n) is 12.1. The fraction of sp³-hybridized carbons (Fsp3) is 0.385. The molecule has 0 spiro atoms. The minimum absolute atomic E-state index is 0.0729. The molecule has 0 saturated carbocycles. The summed E-state index contributed by atoms with van der Waals surface area (Å²) < 4.78 is 24.1. The number of methoxy groups -OCH3 is 1. The molecule has 7 nitrogen and oxygen atoms in total. The zero-order valence-corrected chi connectivity index (χ0v) is 13.7. The zero-order chi connectivity index (χ0) is 17.0. The van der Waals surface area contributed by atoms with Crippen LogP contribution in [0.1, 0.15) is 0 Å². The largest absolute Gasteiger partial charge is 0.495 e. The van der Waals surface area contributed by atoms with Crippen LogP contribution in [0.5, 0.6) is 5.75 Å². The maximum absolute atomic E-state index is 13.9. The number of nitrogens with zero attached hydrogens (tertiary/aromatic N) is 2. The second kappa shape index (κ2) is 7.67. The molecule has 0 atom stereocenters. The van der Waals surface area contributed by atoms with Gasteiger partial charge in [0, 0.05) is 6.07 Å². The fourth-order valence-electron chi connectivity index (χ4n) is 2.00. The third-order valence-electron chi connectivity index (χ3n) is 3.11. The molecular formula is C13H14Cl2FN3O4. The molecule has 1 fully saturated rings. The van der Waals surface area contributed by atoms with Gasteiger partial charge in [0.25, 0.3) is 0 Å². The van der Waals surface area contributed by atoms with E-state index in [9.17, 15) is 14.0 Å². The highest BCUT2D eigenvalue weighted by Gasteiger charge is 2.27. The van der Waals surface area contributed by atoms with Crippen LogP contribution >= 0.6 is 23.2 Å². The van der Waals surface area contributed by atoms with Gasteiger partial charge in [-0.25, -0.2) is 19.2 Å². The van der Waals surface area contributed by atoms with Crippen molar-refractivity contribution in [2.24, 2.45) is 0 Å². The van der Waals surface area contributed by atoms with Gasteiger partial charge < -0.3 is 14.8 Å². The number of amides is 3. The van der Waals surface area contributed by atoms with E-state index in [4.69, 9.17) is 32.7 Å². The molecule has 1 N–H and O–H groups in total. The Morgan fingerprint density at radius 2 is 1.96 bits per heavy atom. The molecule has 10 heteroatoms. The first-order chi connectivity index (χ1) is 10.9.